The summed E-state index contributed by atoms with van der Waals surface area (Å²) in [6, 6.07) is 4.29. The number of hydrogen-bond acceptors (Lipinski definition) is 4. The second kappa shape index (κ2) is 4.75. The van der Waals surface area contributed by atoms with Crippen LogP contribution in [0.25, 0.3) is 0 Å². The fraction of sp³-hybridized carbons (Fsp3) is 0.182. The highest BCUT2D eigenvalue weighted by Gasteiger charge is 2.19. The van der Waals surface area contributed by atoms with Gasteiger partial charge in [0.15, 0.2) is 0 Å². The van der Waals surface area contributed by atoms with Gasteiger partial charge in [0.1, 0.15) is 4.90 Å². The average molecular weight is 301 g/mol. The number of benzene rings is 1. The quantitative estimate of drug-likeness (QED) is 0.845. The molecule has 0 saturated carbocycles. The zero-order chi connectivity index (χ0) is 14.2. The average Bonchev–Trinajstić information content (AvgIpc) is 2.60. The summed E-state index contributed by atoms with van der Waals surface area (Å²) < 4.78 is 28.5. The SMILES string of the molecule is Cc1nn(C)cc1NS(=O)(=O)c1cc(Cl)ccc1N. The van der Waals surface area contributed by atoms with Crippen LogP contribution in [0.15, 0.2) is 29.3 Å². The molecule has 0 radical (unpaired) electrons. The molecule has 0 fully saturated rings. The summed E-state index contributed by atoms with van der Waals surface area (Å²) in [5.74, 6) is 0. The van der Waals surface area contributed by atoms with Crippen molar-refractivity contribution in [2.45, 2.75) is 11.8 Å². The maximum absolute atomic E-state index is 12.2. The van der Waals surface area contributed by atoms with Crippen LogP contribution in [-0.4, -0.2) is 18.2 Å². The molecule has 102 valence electrons. The maximum Gasteiger partial charge on any atom is 0.264 e. The van der Waals surface area contributed by atoms with E-state index in [-0.39, 0.29) is 10.6 Å². The van der Waals surface area contributed by atoms with Crippen molar-refractivity contribution in [3.63, 3.8) is 0 Å². The number of nitrogens with one attached hydrogen (secondary N) is 1. The van der Waals surface area contributed by atoms with Gasteiger partial charge in [0.25, 0.3) is 10.0 Å². The first kappa shape index (κ1) is 13.7. The van der Waals surface area contributed by atoms with Crippen LogP contribution in [-0.2, 0) is 17.1 Å². The zero-order valence-corrected chi connectivity index (χ0v) is 12.0. The van der Waals surface area contributed by atoms with Gasteiger partial charge in [-0.3, -0.25) is 9.40 Å². The number of nitrogens with two attached hydrogens (primary N) is 1. The molecule has 19 heavy (non-hydrogen) atoms. The highest BCUT2D eigenvalue weighted by Crippen LogP contribution is 2.25. The van der Waals surface area contributed by atoms with E-state index in [1.807, 2.05) is 0 Å². The van der Waals surface area contributed by atoms with Crippen LogP contribution in [0.2, 0.25) is 5.02 Å². The largest absolute Gasteiger partial charge is 0.398 e. The van der Waals surface area contributed by atoms with Crippen molar-refractivity contribution >= 4 is 33.0 Å². The number of sulfonamides is 1. The van der Waals surface area contributed by atoms with Gasteiger partial charge < -0.3 is 5.73 Å². The molecule has 3 N–H and O–H groups in total. The number of anilines is 2. The summed E-state index contributed by atoms with van der Waals surface area (Å²) in [6.07, 6.45) is 1.58. The first-order chi connectivity index (χ1) is 8.79. The van der Waals surface area contributed by atoms with Crippen molar-refractivity contribution in [1.29, 1.82) is 0 Å². The lowest BCUT2D eigenvalue weighted by Gasteiger charge is -2.09. The van der Waals surface area contributed by atoms with E-state index in [4.69, 9.17) is 17.3 Å². The molecule has 8 heteroatoms. The number of hydrogen-bond donors (Lipinski definition) is 2. The third kappa shape index (κ3) is 2.82. The van der Waals surface area contributed by atoms with Crippen molar-refractivity contribution in [3.8, 4) is 0 Å². The Hall–Kier alpha value is -1.73. The van der Waals surface area contributed by atoms with Crippen LogP contribution < -0.4 is 10.5 Å². The van der Waals surface area contributed by atoms with Crippen LogP contribution >= 0.6 is 11.6 Å². The van der Waals surface area contributed by atoms with Crippen LogP contribution in [0, 0.1) is 6.92 Å². The van der Waals surface area contributed by atoms with Gasteiger partial charge in [-0.1, -0.05) is 11.6 Å². The van der Waals surface area contributed by atoms with E-state index in [0.717, 1.165) is 0 Å². The molecule has 0 aliphatic rings. The number of rotatable bonds is 3. The number of nitrogens with zero attached hydrogens (tertiary/aromatic N) is 2. The van der Waals surface area contributed by atoms with E-state index in [1.54, 1.807) is 20.2 Å². The minimum atomic E-state index is -3.79. The predicted octanol–water partition coefficient (Wildman–Crippen LogP) is 1.76. The smallest absolute Gasteiger partial charge is 0.264 e. The summed E-state index contributed by atoms with van der Waals surface area (Å²) in [7, 11) is -2.08. The first-order valence-corrected chi connectivity index (χ1v) is 7.24. The van der Waals surface area contributed by atoms with Crippen molar-refractivity contribution in [2.75, 3.05) is 10.5 Å². The van der Waals surface area contributed by atoms with Gasteiger partial charge in [0, 0.05) is 18.3 Å². The minimum Gasteiger partial charge on any atom is -0.398 e. The molecule has 6 nitrogen and oxygen atoms in total. The van der Waals surface area contributed by atoms with Gasteiger partial charge in [0.2, 0.25) is 0 Å². The maximum atomic E-state index is 12.2. The highest BCUT2D eigenvalue weighted by molar-refractivity contribution is 7.92. The number of nitrogen functional groups attached to an aromatic ring is 1. The van der Waals surface area contributed by atoms with Crippen LogP contribution in [0.1, 0.15) is 5.69 Å². The number of aryl methyl sites for hydroxylation is 2. The van der Waals surface area contributed by atoms with Crippen LogP contribution in [0.4, 0.5) is 11.4 Å². The van der Waals surface area contributed by atoms with Crippen molar-refractivity contribution in [3.05, 3.63) is 35.1 Å². The minimum absolute atomic E-state index is 0.0525. The second-order valence-corrected chi connectivity index (χ2v) is 6.18. The molecular formula is C11H13ClN4O2S. The monoisotopic (exact) mass is 300 g/mol. The molecule has 0 amide bonds. The number of aromatic nitrogens is 2. The molecule has 0 aliphatic heterocycles. The Labute approximate surface area is 116 Å². The standard InChI is InChI=1S/C11H13ClN4O2S/c1-7-10(6-16(2)14-7)15-19(17,18)11-5-8(12)3-4-9(11)13/h3-6,15H,13H2,1-2H3. The van der Waals surface area contributed by atoms with Gasteiger partial charge in [0.05, 0.1) is 17.1 Å². The Balaban J connectivity index is 2.43. The van der Waals surface area contributed by atoms with E-state index >= 15 is 0 Å². The van der Waals surface area contributed by atoms with E-state index < -0.39 is 10.0 Å². The summed E-state index contributed by atoms with van der Waals surface area (Å²) in [4.78, 5) is -0.0525. The lowest BCUT2D eigenvalue weighted by atomic mass is 10.3. The van der Waals surface area contributed by atoms with E-state index in [1.165, 1.54) is 22.9 Å². The normalized spacial score (nSPS) is 11.5. The first-order valence-electron chi connectivity index (χ1n) is 5.37. The van der Waals surface area contributed by atoms with Gasteiger partial charge in [-0.15, -0.1) is 0 Å². The molecule has 0 unspecified atom stereocenters. The molecule has 0 bridgehead atoms. The summed E-state index contributed by atoms with van der Waals surface area (Å²) >= 11 is 5.80. The van der Waals surface area contributed by atoms with Crippen molar-refractivity contribution < 1.29 is 8.42 Å². The van der Waals surface area contributed by atoms with E-state index in [0.29, 0.717) is 16.4 Å². The zero-order valence-electron chi connectivity index (χ0n) is 10.4. The molecule has 1 aromatic heterocycles. The summed E-state index contributed by atoms with van der Waals surface area (Å²) in [5.41, 5.74) is 6.79. The highest BCUT2D eigenvalue weighted by atomic mass is 35.5. The third-order valence-electron chi connectivity index (χ3n) is 2.52. The van der Waals surface area contributed by atoms with Gasteiger partial charge in [-0.05, 0) is 25.1 Å². The Kier molecular flexibility index (Phi) is 3.42. The molecule has 0 saturated heterocycles. The van der Waals surface area contributed by atoms with Gasteiger partial charge >= 0.3 is 0 Å². The van der Waals surface area contributed by atoms with Crippen molar-refractivity contribution in [2.24, 2.45) is 7.05 Å². The molecule has 0 aliphatic carbocycles. The molecule has 2 rings (SSSR count). The van der Waals surface area contributed by atoms with E-state index in [2.05, 4.69) is 9.82 Å². The Morgan fingerprint density at radius 2 is 2.11 bits per heavy atom. The third-order valence-corrected chi connectivity index (χ3v) is 4.18. The fourth-order valence-electron chi connectivity index (χ4n) is 1.64. The fourth-order valence-corrected chi connectivity index (χ4v) is 3.14. The summed E-state index contributed by atoms with van der Waals surface area (Å²) in [5, 5.41) is 4.36. The topological polar surface area (TPSA) is 90.0 Å². The molecule has 2 aromatic rings. The molecule has 0 atom stereocenters. The molecule has 0 spiro atoms. The van der Waals surface area contributed by atoms with Crippen molar-refractivity contribution in [1.82, 2.24) is 9.78 Å². The van der Waals surface area contributed by atoms with Gasteiger partial charge in [-0.25, -0.2) is 8.42 Å². The van der Waals surface area contributed by atoms with E-state index in [9.17, 15) is 8.42 Å². The second-order valence-electron chi connectivity index (χ2n) is 4.09. The lowest BCUT2D eigenvalue weighted by Crippen LogP contribution is -2.15. The van der Waals surface area contributed by atoms with Gasteiger partial charge in [-0.2, -0.15) is 5.10 Å². The summed E-state index contributed by atoms with van der Waals surface area (Å²) in [6.45, 7) is 1.71. The van der Waals surface area contributed by atoms with Crippen LogP contribution in [0.3, 0.4) is 0 Å². The Morgan fingerprint density at radius 3 is 2.68 bits per heavy atom. The Bertz CT molecular complexity index is 724. The molecule has 1 aromatic carbocycles. The predicted molar refractivity (Wildman–Crippen MR) is 74.6 cm³/mol. The molecular weight excluding hydrogens is 288 g/mol. The lowest BCUT2D eigenvalue weighted by molar-refractivity contribution is 0.601. The number of halogens is 1. The Morgan fingerprint density at radius 1 is 1.42 bits per heavy atom. The molecule has 1 heterocycles. The van der Waals surface area contributed by atoms with Crippen LogP contribution in [0.5, 0.6) is 0 Å².